The molecule has 8 nitrogen and oxygen atoms in total. The van der Waals surface area contributed by atoms with Crippen LogP contribution in [0.25, 0.3) is 0 Å². The highest BCUT2D eigenvalue weighted by atomic mass is 32.1. The Morgan fingerprint density at radius 2 is 2.00 bits per heavy atom. The first-order valence-electron chi connectivity index (χ1n) is 8.60. The molecule has 0 unspecified atom stereocenters. The molecule has 1 saturated heterocycles. The van der Waals surface area contributed by atoms with Crippen LogP contribution in [-0.4, -0.2) is 42.6 Å². The molecule has 3 heterocycles. The normalized spacial score (nSPS) is 13.3. The van der Waals surface area contributed by atoms with Gasteiger partial charge in [0.25, 0.3) is 5.91 Å². The van der Waals surface area contributed by atoms with E-state index in [1.807, 2.05) is 22.4 Å². The number of nitrogens with one attached hydrogen (secondary N) is 2. The van der Waals surface area contributed by atoms with Crippen LogP contribution >= 0.6 is 11.3 Å². The number of hydrogen-bond donors (Lipinski definition) is 2. The van der Waals surface area contributed by atoms with Crippen LogP contribution < -0.4 is 15.5 Å². The average molecular weight is 388 g/mol. The van der Waals surface area contributed by atoms with Crippen molar-refractivity contribution in [3.8, 4) is 0 Å². The number of hydrogen-bond acceptors (Lipinski definition) is 7. The van der Waals surface area contributed by atoms with Crippen molar-refractivity contribution < 1.29 is 19.1 Å². The summed E-state index contributed by atoms with van der Waals surface area (Å²) in [6.45, 7) is 1.45. The summed E-state index contributed by atoms with van der Waals surface area (Å²) in [5.41, 5.74) is 0.314. The van der Waals surface area contributed by atoms with E-state index in [1.165, 1.54) is 11.3 Å². The number of carbonyl (C=O) groups excluding carboxylic acids is 3. The fourth-order valence-electron chi connectivity index (χ4n) is 2.73. The quantitative estimate of drug-likeness (QED) is 0.734. The molecular weight excluding hydrogens is 368 g/mol. The molecule has 3 amide bonds. The third-order valence-electron chi connectivity index (χ3n) is 4.00. The van der Waals surface area contributed by atoms with Gasteiger partial charge in [0, 0.05) is 24.2 Å². The van der Waals surface area contributed by atoms with Crippen LogP contribution in [0.2, 0.25) is 0 Å². The summed E-state index contributed by atoms with van der Waals surface area (Å²) >= 11 is 1.50. The van der Waals surface area contributed by atoms with Crippen molar-refractivity contribution >= 4 is 35.1 Å². The summed E-state index contributed by atoms with van der Waals surface area (Å²) in [4.78, 5) is 43.1. The van der Waals surface area contributed by atoms with Gasteiger partial charge in [-0.1, -0.05) is 6.07 Å². The minimum atomic E-state index is -0.696. The van der Waals surface area contributed by atoms with Crippen LogP contribution in [0, 0.1) is 0 Å². The Balaban J connectivity index is 1.47. The zero-order valence-electron chi connectivity index (χ0n) is 14.6. The summed E-state index contributed by atoms with van der Waals surface area (Å²) < 4.78 is 5.05. The lowest BCUT2D eigenvalue weighted by atomic mass is 10.2. The first-order chi connectivity index (χ1) is 13.1. The summed E-state index contributed by atoms with van der Waals surface area (Å²) in [6.07, 6.45) is 3.72. The van der Waals surface area contributed by atoms with E-state index < -0.39 is 24.5 Å². The third kappa shape index (κ3) is 5.27. The zero-order chi connectivity index (χ0) is 19.1. The summed E-state index contributed by atoms with van der Waals surface area (Å²) in [5.74, 6) is -0.771. The van der Waals surface area contributed by atoms with Gasteiger partial charge in [-0.05, 0) is 36.4 Å². The first kappa shape index (κ1) is 18.8. The number of amides is 3. The van der Waals surface area contributed by atoms with Gasteiger partial charge in [0.05, 0.1) is 6.54 Å². The molecule has 0 atom stereocenters. The Morgan fingerprint density at radius 3 is 2.74 bits per heavy atom. The molecule has 0 aromatic carbocycles. The second kappa shape index (κ2) is 9.13. The predicted molar refractivity (Wildman–Crippen MR) is 101 cm³/mol. The van der Waals surface area contributed by atoms with Gasteiger partial charge in [-0.25, -0.2) is 14.6 Å². The van der Waals surface area contributed by atoms with Gasteiger partial charge in [-0.3, -0.25) is 10.1 Å². The van der Waals surface area contributed by atoms with Crippen molar-refractivity contribution in [3.05, 3.63) is 46.3 Å². The first-order valence-corrected chi connectivity index (χ1v) is 9.48. The molecule has 2 aromatic heterocycles. The number of esters is 1. The third-order valence-corrected chi connectivity index (χ3v) is 4.88. The minimum absolute atomic E-state index is 0.314. The number of carbonyl (C=O) groups is 3. The highest BCUT2D eigenvalue weighted by Crippen LogP contribution is 2.22. The van der Waals surface area contributed by atoms with Crippen LogP contribution in [0.1, 0.15) is 28.1 Å². The minimum Gasteiger partial charge on any atom is -0.452 e. The van der Waals surface area contributed by atoms with E-state index in [0.29, 0.717) is 17.9 Å². The topological polar surface area (TPSA) is 101 Å². The maximum absolute atomic E-state index is 12.3. The number of urea groups is 1. The lowest BCUT2D eigenvalue weighted by molar-refractivity contribution is -0.123. The SMILES string of the molecule is O=C(COC(=O)c1cccnc1N1CCCC1)NC(=O)NCc1cccs1. The zero-order valence-corrected chi connectivity index (χ0v) is 15.5. The highest BCUT2D eigenvalue weighted by molar-refractivity contribution is 7.09. The summed E-state index contributed by atoms with van der Waals surface area (Å²) in [6, 6.07) is 6.38. The van der Waals surface area contributed by atoms with Crippen LogP contribution in [0.15, 0.2) is 35.8 Å². The van der Waals surface area contributed by atoms with E-state index in [2.05, 4.69) is 15.6 Å². The van der Waals surface area contributed by atoms with Gasteiger partial charge in [-0.2, -0.15) is 0 Å². The number of aromatic nitrogens is 1. The molecule has 1 aliphatic rings. The van der Waals surface area contributed by atoms with Crippen molar-refractivity contribution in [1.82, 2.24) is 15.6 Å². The van der Waals surface area contributed by atoms with Crippen molar-refractivity contribution in [2.24, 2.45) is 0 Å². The number of thiophene rings is 1. The van der Waals surface area contributed by atoms with E-state index in [1.54, 1.807) is 18.3 Å². The van der Waals surface area contributed by atoms with Crippen LogP contribution in [0.4, 0.5) is 10.6 Å². The molecular formula is C18H20N4O4S. The fourth-order valence-corrected chi connectivity index (χ4v) is 3.38. The standard InChI is InChI=1S/C18H20N4O4S/c23-15(21-18(25)20-11-13-5-4-10-27-13)12-26-17(24)14-6-3-7-19-16(14)22-8-1-2-9-22/h3-7,10H,1-2,8-9,11-12H2,(H2,20,21,23,25). The van der Waals surface area contributed by atoms with Crippen molar-refractivity contribution in [3.63, 3.8) is 0 Å². The lowest BCUT2D eigenvalue weighted by Gasteiger charge is -2.18. The molecule has 2 aromatic rings. The molecule has 0 radical (unpaired) electrons. The number of imide groups is 1. The van der Waals surface area contributed by atoms with E-state index in [4.69, 9.17) is 4.74 Å². The van der Waals surface area contributed by atoms with Crippen molar-refractivity contribution in [2.75, 3.05) is 24.6 Å². The van der Waals surface area contributed by atoms with E-state index in [0.717, 1.165) is 30.8 Å². The maximum Gasteiger partial charge on any atom is 0.342 e. The molecule has 27 heavy (non-hydrogen) atoms. The molecule has 0 aliphatic carbocycles. The van der Waals surface area contributed by atoms with Gasteiger partial charge in [0.2, 0.25) is 0 Å². The Kier molecular flexibility index (Phi) is 6.37. The summed E-state index contributed by atoms with van der Waals surface area (Å²) in [7, 11) is 0. The molecule has 9 heteroatoms. The molecule has 1 aliphatic heterocycles. The molecule has 0 bridgehead atoms. The van der Waals surface area contributed by atoms with E-state index in [9.17, 15) is 14.4 Å². The van der Waals surface area contributed by atoms with Crippen molar-refractivity contribution in [2.45, 2.75) is 19.4 Å². The Bertz CT molecular complexity index is 803. The molecule has 0 spiro atoms. The van der Waals surface area contributed by atoms with Crippen LogP contribution in [0.5, 0.6) is 0 Å². The number of anilines is 1. The molecule has 1 fully saturated rings. The monoisotopic (exact) mass is 388 g/mol. The van der Waals surface area contributed by atoms with Crippen LogP contribution in [0.3, 0.4) is 0 Å². The van der Waals surface area contributed by atoms with E-state index in [-0.39, 0.29) is 0 Å². The predicted octanol–water partition coefficient (Wildman–Crippen LogP) is 1.93. The molecule has 142 valence electrons. The van der Waals surface area contributed by atoms with Crippen LogP contribution in [-0.2, 0) is 16.1 Å². The average Bonchev–Trinajstić information content (AvgIpc) is 3.38. The maximum atomic E-state index is 12.3. The van der Waals surface area contributed by atoms with Gasteiger partial charge in [0.1, 0.15) is 11.4 Å². The molecule has 2 N–H and O–H groups in total. The smallest absolute Gasteiger partial charge is 0.342 e. The molecule has 3 rings (SSSR count). The number of ether oxygens (including phenoxy) is 1. The highest BCUT2D eigenvalue weighted by Gasteiger charge is 2.22. The number of rotatable bonds is 6. The Labute approximate surface area is 160 Å². The number of nitrogens with zero attached hydrogens (tertiary/aromatic N) is 2. The largest absolute Gasteiger partial charge is 0.452 e. The Morgan fingerprint density at radius 1 is 1.19 bits per heavy atom. The van der Waals surface area contributed by atoms with Gasteiger partial charge in [-0.15, -0.1) is 11.3 Å². The van der Waals surface area contributed by atoms with Gasteiger partial charge >= 0.3 is 12.0 Å². The second-order valence-electron chi connectivity index (χ2n) is 5.96. The van der Waals surface area contributed by atoms with Gasteiger partial charge in [0.15, 0.2) is 6.61 Å². The van der Waals surface area contributed by atoms with E-state index >= 15 is 0 Å². The van der Waals surface area contributed by atoms with Crippen molar-refractivity contribution in [1.29, 1.82) is 0 Å². The Hall–Kier alpha value is -2.94. The summed E-state index contributed by atoms with van der Waals surface area (Å²) in [5, 5.41) is 6.59. The second-order valence-corrected chi connectivity index (χ2v) is 6.99. The fraction of sp³-hybridized carbons (Fsp3) is 0.333. The van der Waals surface area contributed by atoms with Gasteiger partial charge < -0.3 is 15.0 Å². The lowest BCUT2D eigenvalue weighted by Crippen LogP contribution is -2.41. The number of pyridine rings is 1. The molecule has 0 saturated carbocycles.